The quantitative estimate of drug-likeness (QED) is 0.769. The predicted octanol–water partition coefficient (Wildman–Crippen LogP) is 3.61. The summed E-state index contributed by atoms with van der Waals surface area (Å²) in [7, 11) is 0. The minimum absolute atomic E-state index is 0.0994. The Bertz CT molecular complexity index is 949. The van der Waals surface area contributed by atoms with Gasteiger partial charge in [0.1, 0.15) is 11.5 Å². The molecule has 6 heteroatoms. The van der Waals surface area contributed by atoms with Crippen LogP contribution in [0.25, 0.3) is 10.1 Å². The van der Waals surface area contributed by atoms with Gasteiger partial charge in [0.15, 0.2) is 0 Å². The van der Waals surface area contributed by atoms with Crippen LogP contribution in [0.4, 0.5) is 0 Å². The van der Waals surface area contributed by atoms with E-state index in [0.29, 0.717) is 29.8 Å². The van der Waals surface area contributed by atoms with Gasteiger partial charge in [-0.25, -0.2) is 0 Å². The van der Waals surface area contributed by atoms with Crippen LogP contribution in [0.1, 0.15) is 40.1 Å². The minimum atomic E-state index is -0.237. The highest BCUT2D eigenvalue weighted by molar-refractivity contribution is 7.19. The molecule has 0 radical (unpaired) electrons. The lowest BCUT2D eigenvalue weighted by molar-refractivity contribution is 0.0949. The molecular formula is C18H20N2O3S. The molecule has 3 rings (SSSR count). The van der Waals surface area contributed by atoms with Crippen LogP contribution in [0.3, 0.4) is 0 Å². The largest absolute Gasteiger partial charge is 0.465 e. The Kier molecular flexibility index (Phi) is 4.57. The first-order valence-corrected chi connectivity index (χ1v) is 8.79. The summed E-state index contributed by atoms with van der Waals surface area (Å²) in [6.07, 6.45) is 2.67. The number of amides is 1. The van der Waals surface area contributed by atoms with Crippen molar-refractivity contribution < 1.29 is 9.21 Å². The van der Waals surface area contributed by atoms with E-state index in [0.717, 1.165) is 21.8 Å². The lowest BCUT2D eigenvalue weighted by atomic mass is 10.1. The van der Waals surface area contributed by atoms with Gasteiger partial charge in [0.25, 0.3) is 11.5 Å². The SMILES string of the molecule is CCCn1ccc2sc(C)c(C(=O)NCc3ccc(C)o3)c2c1=O. The average Bonchev–Trinajstić information content (AvgIpc) is 3.11. The van der Waals surface area contributed by atoms with Crippen molar-refractivity contribution in [2.24, 2.45) is 0 Å². The van der Waals surface area contributed by atoms with Crippen molar-refractivity contribution in [2.75, 3.05) is 0 Å². The molecule has 3 heterocycles. The third-order valence-electron chi connectivity index (χ3n) is 3.90. The standard InChI is InChI=1S/C18H20N2O3S/c1-4-8-20-9-7-14-16(18(20)22)15(12(3)24-14)17(21)19-10-13-6-5-11(2)23-13/h5-7,9H,4,8,10H2,1-3H3,(H,19,21). The number of nitrogens with zero attached hydrogens (tertiary/aromatic N) is 1. The fourth-order valence-electron chi connectivity index (χ4n) is 2.79. The maximum atomic E-state index is 12.7. The molecule has 0 spiro atoms. The number of hydrogen-bond donors (Lipinski definition) is 1. The molecule has 0 atom stereocenters. The highest BCUT2D eigenvalue weighted by Crippen LogP contribution is 2.28. The van der Waals surface area contributed by atoms with E-state index in [4.69, 9.17) is 4.42 Å². The molecule has 3 aromatic rings. The molecule has 126 valence electrons. The van der Waals surface area contributed by atoms with Crippen molar-refractivity contribution >= 4 is 27.3 Å². The number of hydrogen-bond acceptors (Lipinski definition) is 4. The van der Waals surface area contributed by atoms with Crippen LogP contribution in [0, 0.1) is 13.8 Å². The van der Waals surface area contributed by atoms with Crippen LogP contribution in [0.2, 0.25) is 0 Å². The molecule has 0 saturated heterocycles. The number of carbonyl (C=O) groups is 1. The summed E-state index contributed by atoms with van der Waals surface area (Å²) < 4.78 is 7.98. The Balaban J connectivity index is 1.95. The van der Waals surface area contributed by atoms with E-state index in [1.54, 1.807) is 10.8 Å². The second kappa shape index (κ2) is 6.65. The van der Waals surface area contributed by atoms with Crippen molar-refractivity contribution in [3.63, 3.8) is 0 Å². The number of fused-ring (bicyclic) bond motifs is 1. The molecule has 0 aliphatic rings. The number of thiophene rings is 1. The van der Waals surface area contributed by atoms with E-state index in [-0.39, 0.29) is 11.5 Å². The molecule has 1 N–H and O–H groups in total. The normalized spacial score (nSPS) is 11.1. The molecule has 0 unspecified atom stereocenters. The van der Waals surface area contributed by atoms with Crippen LogP contribution in [-0.2, 0) is 13.1 Å². The van der Waals surface area contributed by atoms with Crippen LogP contribution < -0.4 is 10.9 Å². The summed E-state index contributed by atoms with van der Waals surface area (Å²) in [5.41, 5.74) is 0.381. The number of pyridine rings is 1. The summed E-state index contributed by atoms with van der Waals surface area (Å²) in [6, 6.07) is 5.61. The van der Waals surface area contributed by atoms with Crippen LogP contribution in [0.5, 0.6) is 0 Å². The second-order valence-electron chi connectivity index (χ2n) is 5.78. The smallest absolute Gasteiger partial charge is 0.260 e. The Labute approximate surface area is 143 Å². The minimum Gasteiger partial charge on any atom is -0.465 e. The molecule has 0 bridgehead atoms. The molecule has 0 aliphatic heterocycles. The number of aromatic nitrogens is 1. The average molecular weight is 344 g/mol. The number of rotatable bonds is 5. The maximum absolute atomic E-state index is 12.7. The summed E-state index contributed by atoms with van der Waals surface area (Å²) in [4.78, 5) is 26.2. The van der Waals surface area contributed by atoms with E-state index in [2.05, 4.69) is 5.32 Å². The van der Waals surface area contributed by atoms with Gasteiger partial charge in [-0.15, -0.1) is 11.3 Å². The Morgan fingerprint density at radius 2 is 2.08 bits per heavy atom. The Morgan fingerprint density at radius 3 is 2.75 bits per heavy atom. The summed E-state index contributed by atoms with van der Waals surface area (Å²) in [5, 5.41) is 3.37. The second-order valence-corrected chi connectivity index (χ2v) is 7.04. The summed E-state index contributed by atoms with van der Waals surface area (Å²) >= 11 is 1.48. The van der Waals surface area contributed by atoms with Crippen LogP contribution in [-0.4, -0.2) is 10.5 Å². The van der Waals surface area contributed by atoms with Gasteiger partial charge in [-0.05, 0) is 38.5 Å². The molecule has 1 amide bonds. The molecule has 24 heavy (non-hydrogen) atoms. The van der Waals surface area contributed by atoms with Gasteiger partial charge in [0.2, 0.25) is 0 Å². The highest BCUT2D eigenvalue weighted by atomic mass is 32.1. The monoisotopic (exact) mass is 344 g/mol. The van der Waals surface area contributed by atoms with Crippen molar-refractivity contribution in [1.29, 1.82) is 0 Å². The van der Waals surface area contributed by atoms with E-state index in [1.807, 2.05) is 39.0 Å². The van der Waals surface area contributed by atoms with Gasteiger partial charge in [-0.2, -0.15) is 0 Å². The molecule has 0 fully saturated rings. The number of nitrogens with one attached hydrogen (secondary N) is 1. The summed E-state index contributed by atoms with van der Waals surface area (Å²) in [5.74, 6) is 1.26. The molecule has 0 saturated carbocycles. The van der Waals surface area contributed by atoms with Gasteiger partial charge in [0, 0.05) is 22.3 Å². The number of carbonyl (C=O) groups excluding carboxylic acids is 1. The fourth-order valence-corrected chi connectivity index (χ4v) is 3.84. The Hall–Kier alpha value is -2.34. The van der Waals surface area contributed by atoms with Crippen LogP contribution in [0.15, 0.2) is 33.6 Å². The van der Waals surface area contributed by atoms with Crippen LogP contribution >= 0.6 is 11.3 Å². The predicted molar refractivity (Wildman–Crippen MR) is 95.7 cm³/mol. The zero-order valence-electron chi connectivity index (χ0n) is 14.0. The highest BCUT2D eigenvalue weighted by Gasteiger charge is 2.20. The van der Waals surface area contributed by atoms with Gasteiger partial charge in [-0.3, -0.25) is 9.59 Å². The molecule has 0 aromatic carbocycles. The Morgan fingerprint density at radius 1 is 1.29 bits per heavy atom. The summed E-state index contributed by atoms with van der Waals surface area (Å²) in [6.45, 7) is 6.71. The first-order chi connectivity index (χ1) is 11.5. The maximum Gasteiger partial charge on any atom is 0.260 e. The van der Waals surface area contributed by atoms with Crippen molar-refractivity contribution in [3.8, 4) is 0 Å². The van der Waals surface area contributed by atoms with Gasteiger partial charge < -0.3 is 14.3 Å². The van der Waals surface area contributed by atoms with E-state index in [1.165, 1.54) is 11.3 Å². The lowest BCUT2D eigenvalue weighted by Gasteiger charge is -2.06. The fraction of sp³-hybridized carbons (Fsp3) is 0.333. The first kappa shape index (κ1) is 16.5. The molecule has 3 aromatic heterocycles. The third kappa shape index (κ3) is 3.01. The van der Waals surface area contributed by atoms with E-state index >= 15 is 0 Å². The molecular weight excluding hydrogens is 324 g/mol. The number of furan rings is 1. The first-order valence-electron chi connectivity index (χ1n) is 7.97. The molecule has 0 aliphatic carbocycles. The zero-order chi connectivity index (χ0) is 17.3. The van der Waals surface area contributed by atoms with E-state index < -0.39 is 0 Å². The zero-order valence-corrected chi connectivity index (χ0v) is 14.8. The number of aryl methyl sites for hydroxylation is 3. The van der Waals surface area contributed by atoms with Crippen molar-refractivity contribution in [3.05, 3.63) is 56.7 Å². The van der Waals surface area contributed by atoms with Gasteiger partial charge in [-0.1, -0.05) is 6.92 Å². The van der Waals surface area contributed by atoms with Gasteiger partial charge in [0.05, 0.1) is 17.5 Å². The third-order valence-corrected chi connectivity index (χ3v) is 4.97. The van der Waals surface area contributed by atoms with Gasteiger partial charge >= 0.3 is 0 Å². The van der Waals surface area contributed by atoms with E-state index in [9.17, 15) is 9.59 Å². The van der Waals surface area contributed by atoms with Crippen molar-refractivity contribution in [1.82, 2.24) is 9.88 Å². The molecule has 5 nitrogen and oxygen atoms in total. The van der Waals surface area contributed by atoms with Crippen molar-refractivity contribution in [2.45, 2.75) is 40.3 Å². The topological polar surface area (TPSA) is 64.2 Å². The lowest BCUT2D eigenvalue weighted by Crippen LogP contribution is -2.26.